The predicted molar refractivity (Wildman–Crippen MR) is 79.2 cm³/mol. The minimum absolute atomic E-state index is 0.103. The highest BCUT2D eigenvalue weighted by atomic mass is 35.5. The van der Waals surface area contributed by atoms with Crippen LogP contribution in [-0.2, 0) is 14.8 Å². The number of sulfonamides is 1. The molecule has 0 aromatic heterocycles. The monoisotopic (exact) mass is 387 g/mol. The van der Waals surface area contributed by atoms with Gasteiger partial charge in [0.1, 0.15) is 0 Å². The highest BCUT2D eigenvalue weighted by Crippen LogP contribution is 2.27. The van der Waals surface area contributed by atoms with Crippen LogP contribution in [0.1, 0.15) is 0 Å². The van der Waals surface area contributed by atoms with Gasteiger partial charge in [-0.2, -0.15) is 17.5 Å². The van der Waals surface area contributed by atoms with E-state index in [2.05, 4.69) is 0 Å². The number of ether oxygens (including phenoxy) is 1. The first-order chi connectivity index (χ1) is 11.1. The molecule has 1 aromatic carbocycles. The Labute approximate surface area is 140 Å². The van der Waals surface area contributed by atoms with E-state index in [1.165, 1.54) is 16.4 Å². The van der Waals surface area contributed by atoms with Crippen LogP contribution in [0.4, 0.5) is 23.7 Å². The van der Waals surface area contributed by atoms with Crippen molar-refractivity contribution in [2.24, 2.45) is 0 Å². The van der Waals surface area contributed by atoms with Gasteiger partial charge in [-0.25, -0.2) is 18.5 Å². The Morgan fingerprint density at radius 3 is 2.46 bits per heavy atom. The molecule has 1 heterocycles. The molecule has 0 atom stereocenters. The van der Waals surface area contributed by atoms with Crippen molar-refractivity contribution in [3.8, 4) is 0 Å². The Kier molecular flexibility index (Phi) is 5.58. The Morgan fingerprint density at radius 1 is 1.25 bits per heavy atom. The molecule has 0 saturated carbocycles. The summed E-state index contributed by atoms with van der Waals surface area (Å²) in [6.07, 6.45) is -4.92. The van der Waals surface area contributed by atoms with Crippen LogP contribution in [0.5, 0.6) is 0 Å². The van der Waals surface area contributed by atoms with Gasteiger partial charge in [0.05, 0.1) is 28.8 Å². The van der Waals surface area contributed by atoms with Crippen molar-refractivity contribution >= 4 is 33.3 Å². The molecule has 1 fully saturated rings. The third kappa shape index (κ3) is 4.72. The molecule has 0 spiro atoms. The molecule has 1 saturated heterocycles. The average Bonchev–Trinajstić information content (AvgIpc) is 2.48. The molecule has 134 valence electrons. The number of amides is 2. The molecule has 1 aromatic rings. The SMILES string of the molecule is O=C(Nc1cc(S(=O)(=O)N2CCOCC2)ccc1Cl)NC(F)(F)F. The van der Waals surface area contributed by atoms with Gasteiger partial charge in [-0.05, 0) is 18.2 Å². The zero-order valence-electron chi connectivity index (χ0n) is 12.1. The van der Waals surface area contributed by atoms with E-state index in [1.807, 2.05) is 5.32 Å². The van der Waals surface area contributed by atoms with Crippen LogP contribution in [0.15, 0.2) is 23.1 Å². The number of alkyl halides is 3. The fourth-order valence-corrected chi connectivity index (χ4v) is 3.58. The van der Waals surface area contributed by atoms with Crippen LogP contribution in [-0.4, -0.2) is 51.4 Å². The molecule has 1 aliphatic rings. The van der Waals surface area contributed by atoms with Crippen molar-refractivity contribution in [2.75, 3.05) is 31.6 Å². The molecule has 0 bridgehead atoms. The van der Waals surface area contributed by atoms with Crippen LogP contribution in [0, 0.1) is 0 Å². The van der Waals surface area contributed by atoms with Gasteiger partial charge >= 0.3 is 12.3 Å². The maximum atomic E-state index is 12.5. The average molecular weight is 388 g/mol. The molecule has 2 N–H and O–H groups in total. The Hall–Kier alpha value is -1.56. The topological polar surface area (TPSA) is 87.7 Å². The number of morpholine rings is 1. The lowest BCUT2D eigenvalue weighted by molar-refractivity contribution is -0.144. The fraction of sp³-hybridized carbons (Fsp3) is 0.417. The quantitative estimate of drug-likeness (QED) is 0.776. The van der Waals surface area contributed by atoms with E-state index in [9.17, 15) is 26.4 Å². The van der Waals surface area contributed by atoms with Crippen LogP contribution in [0.25, 0.3) is 0 Å². The number of hydrogen-bond acceptors (Lipinski definition) is 4. The maximum Gasteiger partial charge on any atom is 0.485 e. The molecule has 12 heteroatoms. The number of halogens is 4. The lowest BCUT2D eigenvalue weighted by Gasteiger charge is -2.26. The normalized spacial score (nSPS) is 16.7. The first-order valence-corrected chi connectivity index (χ1v) is 8.45. The molecule has 2 amide bonds. The standard InChI is InChI=1S/C12H13ClF3N3O4S/c13-9-2-1-8(24(21,22)19-3-5-23-6-4-19)7-10(9)17-11(20)18-12(14,15)16/h1-2,7H,3-6H2,(H2,17,18,20). The van der Waals surface area contributed by atoms with Gasteiger partial charge in [0.15, 0.2) is 0 Å². The predicted octanol–water partition coefficient (Wildman–Crippen LogP) is 2.00. The lowest BCUT2D eigenvalue weighted by Crippen LogP contribution is -2.41. The third-order valence-electron chi connectivity index (χ3n) is 3.05. The van der Waals surface area contributed by atoms with Crippen LogP contribution < -0.4 is 10.6 Å². The van der Waals surface area contributed by atoms with Crippen LogP contribution >= 0.6 is 11.6 Å². The summed E-state index contributed by atoms with van der Waals surface area (Å²) < 4.78 is 67.5. The summed E-state index contributed by atoms with van der Waals surface area (Å²) in [5.74, 6) is 0. The van der Waals surface area contributed by atoms with Crippen LogP contribution in [0.3, 0.4) is 0 Å². The van der Waals surface area contributed by atoms with Gasteiger partial charge in [-0.3, -0.25) is 0 Å². The summed E-state index contributed by atoms with van der Waals surface area (Å²) in [5.41, 5.74) is -0.257. The molecule has 7 nitrogen and oxygen atoms in total. The number of carbonyl (C=O) groups is 1. The molecule has 2 rings (SSSR count). The van der Waals surface area contributed by atoms with E-state index in [1.54, 1.807) is 0 Å². The first-order valence-electron chi connectivity index (χ1n) is 6.63. The maximum absolute atomic E-state index is 12.5. The first kappa shape index (κ1) is 18.8. The molecule has 0 unspecified atom stereocenters. The van der Waals surface area contributed by atoms with E-state index >= 15 is 0 Å². The fourth-order valence-electron chi connectivity index (χ4n) is 1.98. The highest BCUT2D eigenvalue weighted by molar-refractivity contribution is 7.89. The molecule has 24 heavy (non-hydrogen) atoms. The number of benzene rings is 1. The van der Waals surface area contributed by atoms with Gasteiger partial charge in [-0.15, -0.1) is 0 Å². The summed E-state index contributed by atoms with van der Waals surface area (Å²) in [6.45, 7) is 0.794. The zero-order chi connectivity index (χ0) is 18.0. The zero-order valence-corrected chi connectivity index (χ0v) is 13.6. The van der Waals surface area contributed by atoms with Gasteiger partial charge in [0, 0.05) is 13.1 Å². The smallest absolute Gasteiger partial charge is 0.379 e. The molecular weight excluding hydrogens is 375 g/mol. The molecular formula is C12H13ClF3N3O4S. The van der Waals surface area contributed by atoms with E-state index in [0.29, 0.717) is 0 Å². The largest absolute Gasteiger partial charge is 0.485 e. The highest BCUT2D eigenvalue weighted by Gasteiger charge is 2.31. The van der Waals surface area contributed by atoms with Crippen molar-refractivity contribution in [1.29, 1.82) is 0 Å². The number of anilines is 1. The number of nitrogens with zero attached hydrogens (tertiary/aromatic N) is 1. The van der Waals surface area contributed by atoms with E-state index in [-0.39, 0.29) is 41.9 Å². The second-order valence-corrected chi connectivity index (χ2v) is 7.08. The van der Waals surface area contributed by atoms with Gasteiger partial charge in [-0.1, -0.05) is 11.6 Å². The second kappa shape index (κ2) is 7.13. The third-order valence-corrected chi connectivity index (χ3v) is 5.27. The van der Waals surface area contributed by atoms with Gasteiger partial charge in [0.2, 0.25) is 10.0 Å². The minimum atomic E-state index is -4.92. The Morgan fingerprint density at radius 2 is 1.88 bits per heavy atom. The number of rotatable bonds is 3. The second-order valence-electron chi connectivity index (χ2n) is 4.73. The summed E-state index contributed by atoms with van der Waals surface area (Å²) in [6, 6.07) is 1.81. The van der Waals surface area contributed by atoms with E-state index in [0.717, 1.165) is 11.4 Å². The molecule has 0 radical (unpaired) electrons. The molecule has 0 aliphatic carbocycles. The number of hydrogen-bond donors (Lipinski definition) is 2. The van der Waals surface area contributed by atoms with E-state index < -0.39 is 22.4 Å². The van der Waals surface area contributed by atoms with Gasteiger partial charge < -0.3 is 10.1 Å². The van der Waals surface area contributed by atoms with Crippen molar-refractivity contribution in [3.63, 3.8) is 0 Å². The van der Waals surface area contributed by atoms with Crippen molar-refractivity contribution in [3.05, 3.63) is 23.2 Å². The summed E-state index contributed by atoms with van der Waals surface area (Å²) in [4.78, 5) is 11.1. The van der Waals surface area contributed by atoms with E-state index in [4.69, 9.17) is 16.3 Å². The number of urea groups is 1. The Balaban J connectivity index is 2.23. The van der Waals surface area contributed by atoms with Crippen molar-refractivity contribution in [1.82, 2.24) is 9.62 Å². The lowest BCUT2D eigenvalue weighted by atomic mass is 10.3. The van der Waals surface area contributed by atoms with Crippen molar-refractivity contribution < 1.29 is 31.1 Å². The number of carbonyl (C=O) groups excluding carboxylic acids is 1. The summed E-state index contributed by atoms with van der Waals surface area (Å²) >= 11 is 5.80. The minimum Gasteiger partial charge on any atom is -0.379 e. The molecule has 1 aliphatic heterocycles. The number of nitrogens with one attached hydrogen (secondary N) is 2. The van der Waals surface area contributed by atoms with Gasteiger partial charge in [0.25, 0.3) is 0 Å². The summed E-state index contributed by atoms with van der Waals surface area (Å²) in [5, 5.41) is 2.50. The van der Waals surface area contributed by atoms with Crippen molar-refractivity contribution in [2.45, 2.75) is 11.2 Å². The van der Waals surface area contributed by atoms with Crippen LogP contribution in [0.2, 0.25) is 5.02 Å². The summed E-state index contributed by atoms with van der Waals surface area (Å²) in [7, 11) is -3.87. The Bertz CT molecular complexity index is 721.